The maximum atomic E-state index is 14.5. The molecule has 10 nitrogen and oxygen atoms in total. The highest BCUT2D eigenvalue weighted by molar-refractivity contribution is 6.05. The zero-order chi connectivity index (χ0) is 32.0. The van der Waals surface area contributed by atoms with E-state index in [2.05, 4.69) is 25.9 Å². The van der Waals surface area contributed by atoms with Crippen molar-refractivity contribution in [1.82, 2.24) is 25.9 Å². The topological polar surface area (TPSA) is 139 Å². The minimum atomic E-state index is -1.17. The third kappa shape index (κ3) is 7.25. The zero-order valence-corrected chi connectivity index (χ0v) is 25.8. The molecular weight excluding hydrogens is 566 g/mol. The number of nitrogens with zero attached hydrogens (tertiary/aromatic N) is 4. The Balaban J connectivity index is 1.53. The lowest BCUT2D eigenvalue weighted by Gasteiger charge is -2.30. The quantitative estimate of drug-likeness (QED) is 0.184. The van der Waals surface area contributed by atoms with Crippen LogP contribution < -0.4 is 20.7 Å². The van der Waals surface area contributed by atoms with Crippen molar-refractivity contribution >= 4 is 23.2 Å². The van der Waals surface area contributed by atoms with Crippen LogP contribution in [0.25, 0.3) is 22.5 Å². The monoisotopic (exact) mass is 603 g/mol. The summed E-state index contributed by atoms with van der Waals surface area (Å²) in [7, 11) is 1.59. The van der Waals surface area contributed by atoms with Crippen molar-refractivity contribution in [2.24, 2.45) is 5.73 Å². The van der Waals surface area contributed by atoms with E-state index in [0.29, 0.717) is 35.8 Å². The Kier molecular flexibility index (Phi) is 9.34. The van der Waals surface area contributed by atoms with Gasteiger partial charge < -0.3 is 15.8 Å². The van der Waals surface area contributed by atoms with E-state index in [1.807, 2.05) is 91.9 Å². The largest absolute Gasteiger partial charge is 0.497 e. The molecule has 0 aliphatic heterocycles. The summed E-state index contributed by atoms with van der Waals surface area (Å²) in [4.78, 5) is 29.3. The summed E-state index contributed by atoms with van der Waals surface area (Å²) in [6, 6.07) is 29.9. The average Bonchev–Trinajstić information content (AvgIpc) is 3.59. The first-order valence-electron chi connectivity index (χ1n) is 14.7. The van der Waals surface area contributed by atoms with Gasteiger partial charge in [0.05, 0.1) is 12.6 Å². The number of ether oxygens (including phenoxy) is 1. The van der Waals surface area contributed by atoms with Crippen LogP contribution in [0.15, 0.2) is 97.1 Å². The van der Waals surface area contributed by atoms with E-state index in [0.717, 1.165) is 27.8 Å². The van der Waals surface area contributed by atoms with Crippen molar-refractivity contribution in [3.05, 3.63) is 108 Å². The number of H-pyrrole nitrogens is 1. The Hall–Kier alpha value is -5.35. The van der Waals surface area contributed by atoms with E-state index >= 15 is 0 Å². The Bertz CT molecular complexity index is 1750. The summed E-state index contributed by atoms with van der Waals surface area (Å²) in [5.74, 6) is 0.524. The molecule has 230 valence electrons. The zero-order valence-electron chi connectivity index (χ0n) is 25.8. The molecule has 0 saturated carbocycles. The number of tetrazole rings is 1. The number of methoxy groups -OCH3 is 1. The molecule has 0 unspecified atom stereocenters. The summed E-state index contributed by atoms with van der Waals surface area (Å²) >= 11 is 0. The molecular formula is C35H37N7O3. The van der Waals surface area contributed by atoms with Crippen molar-refractivity contribution < 1.29 is 14.3 Å². The van der Waals surface area contributed by atoms with Gasteiger partial charge in [-0.1, -0.05) is 60.7 Å². The number of aromatic amines is 1. The normalized spacial score (nSPS) is 11.9. The van der Waals surface area contributed by atoms with Gasteiger partial charge in [0.25, 0.3) is 5.91 Å². The first kappa shape index (κ1) is 31.1. The highest BCUT2D eigenvalue weighted by Gasteiger charge is 2.32. The second-order valence-electron chi connectivity index (χ2n) is 11.4. The van der Waals surface area contributed by atoms with E-state index < -0.39 is 17.5 Å². The molecule has 1 atom stereocenters. The van der Waals surface area contributed by atoms with Crippen LogP contribution in [-0.2, 0) is 16.0 Å². The van der Waals surface area contributed by atoms with Gasteiger partial charge in [0, 0.05) is 16.9 Å². The standard InChI is InChI=1S/C35H37N7O3/c1-23-9-5-6-10-24(23)15-22-31(37-34(44)35(2,3)36)33(43)42(27-18-20-28(45-4)21-19-27)26-16-13-25(14-17-26)29-11-7-8-12-30(29)32-38-40-41-39-32/h5-14,16-21,31H,15,22,36H2,1-4H3,(H,37,44)(H,38,39,40,41)/t31-/m1/s1. The molecule has 0 bridgehead atoms. The van der Waals surface area contributed by atoms with E-state index in [1.165, 1.54) is 0 Å². The highest BCUT2D eigenvalue weighted by atomic mass is 16.5. The first-order chi connectivity index (χ1) is 21.7. The second kappa shape index (κ2) is 13.5. The third-order valence-corrected chi connectivity index (χ3v) is 7.67. The molecule has 1 heterocycles. The Morgan fingerprint density at radius 2 is 1.53 bits per heavy atom. The molecule has 5 aromatic rings. The highest BCUT2D eigenvalue weighted by Crippen LogP contribution is 2.34. The fourth-order valence-electron chi connectivity index (χ4n) is 5.09. The first-order valence-corrected chi connectivity index (χ1v) is 14.7. The van der Waals surface area contributed by atoms with Gasteiger partial charge in [-0.25, -0.2) is 5.10 Å². The maximum Gasteiger partial charge on any atom is 0.254 e. The predicted octanol–water partition coefficient (Wildman–Crippen LogP) is 5.37. The van der Waals surface area contributed by atoms with Crippen molar-refractivity contribution in [2.45, 2.75) is 45.2 Å². The van der Waals surface area contributed by atoms with Gasteiger partial charge in [-0.05, 0) is 103 Å². The molecule has 0 radical (unpaired) electrons. The number of anilines is 2. The molecule has 2 amide bonds. The van der Waals surface area contributed by atoms with Crippen LogP contribution in [-0.4, -0.2) is 51.1 Å². The molecule has 5 rings (SSSR count). The third-order valence-electron chi connectivity index (χ3n) is 7.67. The van der Waals surface area contributed by atoms with Crippen LogP contribution in [0.2, 0.25) is 0 Å². The molecule has 4 aromatic carbocycles. The predicted molar refractivity (Wildman–Crippen MR) is 175 cm³/mol. The summed E-state index contributed by atoms with van der Waals surface area (Å²) in [6.45, 7) is 5.28. The molecule has 0 spiro atoms. The summed E-state index contributed by atoms with van der Waals surface area (Å²) in [5.41, 5.74) is 11.2. The smallest absolute Gasteiger partial charge is 0.254 e. The van der Waals surface area contributed by atoms with Crippen molar-refractivity contribution in [3.63, 3.8) is 0 Å². The molecule has 0 saturated heterocycles. The van der Waals surface area contributed by atoms with Gasteiger partial charge in [0.15, 0.2) is 5.82 Å². The van der Waals surface area contributed by atoms with Gasteiger partial charge in [-0.3, -0.25) is 14.5 Å². The molecule has 10 heteroatoms. The van der Waals surface area contributed by atoms with Gasteiger partial charge in [-0.2, -0.15) is 0 Å². The van der Waals surface area contributed by atoms with Crippen molar-refractivity contribution in [1.29, 1.82) is 0 Å². The van der Waals surface area contributed by atoms with Crippen LogP contribution in [0.1, 0.15) is 31.4 Å². The Labute approximate surface area is 262 Å². The number of nitrogens with two attached hydrogens (primary N) is 1. The number of nitrogens with one attached hydrogen (secondary N) is 2. The lowest BCUT2D eigenvalue weighted by Crippen LogP contribution is -2.56. The van der Waals surface area contributed by atoms with E-state index in [1.54, 1.807) is 38.0 Å². The SMILES string of the molecule is COc1ccc(N(C(=O)[C@@H](CCc2ccccc2C)NC(=O)C(C)(C)N)c2ccc(-c3ccccc3-c3nnn[nH]3)cc2)cc1. The van der Waals surface area contributed by atoms with Crippen LogP contribution in [0.4, 0.5) is 11.4 Å². The van der Waals surface area contributed by atoms with Crippen molar-refractivity contribution in [3.8, 4) is 28.3 Å². The summed E-state index contributed by atoms with van der Waals surface area (Å²) in [6.07, 6.45) is 0.978. The van der Waals surface area contributed by atoms with Gasteiger partial charge in [-0.15, -0.1) is 5.10 Å². The second-order valence-corrected chi connectivity index (χ2v) is 11.4. The fraction of sp³-hybridized carbons (Fsp3) is 0.229. The number of hydrogen-bond acceptors (Lipinski definition) is 7. The van der Waals surface area contributed by atoms with Crippen molar-refractivity contribution in [2.75, 3.05) is 12.0 Å². The average molecular weight is 604 g/mol. The van der Waals surface area contributed by atoms with Gasteiger partial charge >= 0.3 is 0 Å². The molecule has 0 aliphatic rings. The van der Waals surface area contributed by atoms with Crippen LogP contribution >= 0.6 is 0 Å². The molecule has 0 aliphatic carbocycles. The number of carbonyl (C=O) groups is 2. The number of aryl methyl sites for hydroxylation is 2. The summed E-state index contributed by atoms with van der Waals surface area (Å²) < 4.78 is 5.37. The number of hydrogen-bond donors (Lipinski definition) is 3. The number of benzene rings is 4. The minimum Gasteiger partial charge on any atom is -0.497 e. The molecule has 4 N–H and O–H groups in total. The van der Waals surface area contributed by atoms with E-state index in [9.17, 15) is 9.59 Å². The van der Waals surface area contributed by atoms with E-state index in [4.69, 9.17) is 10.5 Å². The summed E-state index contributed by atoms with van der Waals surface area (Å²) in [5, 5.41) is 17.3. The molecule has 1 aromatic heterocycles. The van der Waals surface area contributed by atoms with Crippen LogP contribution in [0.3, 0.4) is 0 Å². The van der Waals surface area contributed by atoms with Gasteiger partial charge in [0.2, 0.25) is 5.91 Å². The fourth-order valence-corrected chi connectivity index (χ4v) is 5.09. The molecule has 0 fully saturated rings. The minimum absolute atomic E-state index is 0.285. The van der Waals surface area contributed by atoms with Gasteiger partial charge in [0.1, 0.15) is 11.8 Å². The lowest BCUT2D eigenvalue weighted by atomic mass is 9.97. The van der Waals surface area contributed by atoms with E-state index in [-0.39, 0.29) is 5.91 Å². The number of aromatic nitrogens is 4. The number of amides is 2. The Morgan fingerprint density at radius 3 is 2.13 bits per heavy atom. The Morgan fingerprint density at radius 1 is 0.911 bits per heavy atom. The van der Waals surface area contributed by atoms with Crippen LogP contribution in [0.5, 0.6) is 5.75 Å². The lowest BCUT2D eigenvalue weighted by molar-refractivity contribution is -0.130. The number of carbonyl (C=O) groups excluding carboxylic acids is 2. The molecule has 45 heavy (non-hydrogen) atoms. The number of rotatable bonds is 11. The maximum absolute atomic E-state index is 14.5. The van der Waals surface area contributed by atoms with Crippen LogP contribution in [0, 0.1) is 6.92 Å².